The van der Waals surface area contributed by atoms with Crippen molar-refractivity contribution in [2.75, 3.05) is 0 Å². The van der Waals surface area contributed by atoms with E-state index in [9.17, 15) is 9.59 Å². The van der Waals surface area contributed by atoms with Gasteiger partial charge in [0.1, 0.15) is 17.7 Å². The lowest BCUT2D eigenvalue weighted by molar-refractivity contribution is 0.0944. The van der Waals surface area contributed by atoms with Gasteiger partial charge in [0.15, 0.2) is 0 Å². The molecule has 0 saturated carbocycles. The molecule has 0 fully saturated rings. The van der Waals surface area contributed by atoms with Crippen LogP contribution in [0.25, 0.3) is 0 Å². The lowest BCUT2D eigenvalue weighted by Gasteiger charge is -2.07. The zero-order valence-corrected chi connectivity index (χ0v) is 14.7. The molecule has 0 atom stereocenters. The molecule has 2 amide bonds. The molecule has 0 aliphatic heterocycles. The molecule has 1 aromatic heterocycles. The van der Waals surface area contributed by atoms with Crippen LogP contribution in [0.4, 0.5) is 0 Å². The van der Waals surface area contributed by atoms with Gasteiger partial charge in [-0.3, -0.25) is 9.59 Å². The first-order valence-corrected chi connectivity index (χ1v) is 8.36. The zero-order valence-electron chi connectivity index (χ0n) is 16.7. The number of aromatic nitrogens is 2. The molecule has 138 valence electrons. The van der Waals surface area contributed by atoms with E-state index in [-0.39, 0.29) is 23.5 Å². The van der Waals surface area contributed by atoms with Crippen LogP contribution in [0.3, 0.4) is 0 Å². The normalized spacial score (nSPS) is 11.5. The van der Waals surface area contributed by atoms with Gasteiger partial charge in [0, 0.05) is 19.1 Å². The third kappa shape index (κ3) is 4.99. The molecule has 0 radical (unpaired) electrons. The minimum Gasteiger partial charge on any atom is -0.347 e. The monoisotopic (exact) mass is 373 g/mol. The SMILES string of the molecule is [2H]C([2H])(NC(=O)c1cc(C(=O)NCc2ccc(C#N)cc2)ncn1)c1ccccc1. The Balaban J connectivity index is 1.66. The summed E-state index contributed by atoms with van der Waals surface area (Å²) >= 11 is 0. The molecule has 0 saturated heterocycles. The number of hydrogen-bond donors (Lipinski definition) is 2. The summed E-state index contributed by atoms with van der Waals surface area (Å²) in [4.78, 5) is 32.5. The van der Waals surface area contributed by atoms with Crippen molar-refractivity contribution in [1.29, 1.82) is 5.26 Å². The molecule has 2 aromatic carbocycles. The Kier molecular flexibility index (Phi) is 5.22. The van der Waals surface area contributed by atoms with Gasteiger partial charge in [-0.1, -0.05) is 42.5 Å². The predicted octanol–water partition coefficient (Wildman–Crippen LogP) is 2.21. The molecular formula is C21H17N5O2. The standard InChI is InChI=1S/C21H17N5O2/c22-11-15-6-8-17(9-7-15)13-24-21(28)19-10-18(25-14-26-19)20(27)23-12-16-4-2-1-3-5-16/h1-10,14H,12-13H2,(H,23,27)(H,24,28)/i12D2. The van der Waals surface area contributed by atoms with Crippen molar-refractivity contribution in [3.63, 3.8) is 0 Å². The predicted molar refractivity (Wildman–Crippen MR) is 102 cm³/mol. The Morgan fingerprint density at radius 1 is 0.929 bits per heavy atom. The minimum absolute atomic E-state index is 0.0240. The van der Waals surface area contributed by atoms with Crippen molar-refractivity contribution < 1.29 is 12.3 Å². The Morgan fingerprint density at radius 3 is 2.21 bits per heavy atom. The van der Waals surface area contributed by atoms with Crippen LogP contribution in [0.5, 0.6) is 0 Å². The summed E-state index contributed by atoms with van der Waals surface area (Å²) in [6.45, 7) is -1.89. The van der Waals surface area contributed by atoms with E-state index in [4.69, 9.17) is 8.00 Å². The van der Waals surface area contributed by atoms with Crippen LogP contribution in [-0.4, -0.2) is 21.8 Å². The second-order valence-electron chi connectivity index (χ2n) is 5.73. The van der Waals surface area contributed by atoms with Crippen molar-refractivity contribution in [1.82, 2.24) is 20.6 Å². The molecular weight excluding hydrogens is 354 g/mol. The number of amides is 2. The summed E-state index contributed by atoms with van der Waals surface area (Å²) < 4.78 is 16.1. The van der Waals surface area contributed by atoms with Crippen LogP contribution < -0.4 is 10.6 Å². The van der Waals surface area contributed by atoms with Gasteiger partial charge in [0.2, 0.25) is 0 Å². The highest BCUT2D eigenvalue weighted by molar-refractivity contribution is 5.97. The Morgan fingerprint density at radius 2 is 1.57 bits per heavy atom. The van der Waals surface area contributed by atoms with Crippen molar-refractivity contribution in [3.8, 4) is 6.07 Å². The van der Waals surface area contributed by atoms with Crippen LogP contribution in [-0.2, 0) is 13.0 Å². The van der Waals surface area contributed by atoms with Crippen molar-refractivity contribution in [2.45, 2.75) is 13.0 Å². The first-order chi connectivity index (χ1) is 14.4. The number of rotatable bonds is 6. The molecule has 0 aliphatic carbocycles. The summed E-state index contributed by atoms with van der Waals surface area (Å²) in [5.41, 5.74) is 1.45. The highest BCUT2D eigenvalue weighted by Gasteiger charge is 2.13. The topological polar surface area (TPSA) is 108 Å². The zero-order chi connectivity index (χ0) is 21.6. The first kappa shape index (κ1) is 16.1. The molecule has 28 heavy (non-hydrogen) atoms. The molecule has 0 bridgehead atoms. The van der Waals surface area contributed by atoms with Gasteiger partial charge >= 0.3 is 0 Å². The number of nitrogens with zero attached hydrogens (tertiary/aromatic N) is 3. The maximum Gasteiger partial charge on any atom is 0.270 e. The van der Waals surface area contributed by atoms with E-state index >= 15 is 0 Å². The lowest BCUT2D eigenvalue weighted by Crippen LogP contribution is -2.27. The molecule has 7 heteroatoms. The number of benzene rings is 2. The van der Waals surface area contributed by atoms with Crippen molar-refractivity contribution >= 4 is 11.8 Å². The van der Waals surface area contributed by atoms with Gasteiger partial charge in [-0.15, -0.1) is 0 Å². The fourth-order valence-corrected chi connectivity index (χ4v) is 2.29. The first-order valence-electron chi connectivity index (χ1n) is 9.36. The van der Waals surface area contributed by atoms with Gasteiger partial charge in [0.05, 0.1) is 14.4 Å². The molecule has 2 N–H and O–H groups in total. The quantitative estimate of drug-likeness (QED) is 0.689. The van der Waals surface area contributed by atoms with Gasteiger partial charge in [-0.05, 0) is 23.3 Å². The second-order valence-corrected chi connectivity index (χ2v) is 5.73. The minimum atomic E-state index is -2.11. The summed E-state index contributed by atoms with van der Waals surface area (Å²) in [5.74, 6) is -1.28. The fraction of sp³-hybridized carbons (Fsp3) is 0.0952. The lowest BCUT2D eigenvalue weighted by atomic mass is 10.1. The average molecular weight is 373 g/mol. The third-order valence-corrected chi connectivity index (χ3v) is 3.76. The van der Waals surface area contributed by atoms with Crippen LogP contribution >= 0.6 is 0 Å². The molecule has 7 nitrogen and oxygen atoms in total. The summed E-state index contributed by atoms with van der Waals surface area (Å²) in [5, 5.41) is 13.8. The number of carbonyl (C=O) groups excluding carboxylic acids is 2. The van der Waals surface area contributed by atoms with E-state index in [1.807, 2.05) is 6.07 Å². The highest BCUT2D eigenvalue weighted by Crippen LogP contribution is 2.05. The maximum absolute atomic E-state index is 12.4. The van der Waals surface area contributed by atoms with Gasteiger partial charge in [0.25, 0.3) is 11.8 Å². The number of nitriles is 1. The van der Waals surface area contributed by atoms with Gasteiger partial charge < -0.3 is 10.6 Å². The smallest absolute Gasteiger partial charge is 0.270 e. The summed E-state index contributed by atoms with van der Waals surface area (Å²) in [6.07, 6.45) is 1.07. The molecule has 3 rings (SSSR count). The van der Waals surface area contributed by atoms with Crippen molar-refractivity contribution in [3.05, 3.63) is 95.1 Å². The van der Waals surface area contributed by atoms with Gasteiger partial charge in [-0.25, -0.2) is 9.97 Å². The Bertz CT molecular complexity index is 1100. The van der Waals surface area contributed by atoms with E-state index < -0.39 is 18.3 Å². The Hall–Kier alpha value is -4.05. The van der Waals surface area contributed by atoms with E-state index in [0.29, 0.717) is 5.56 Å². The van der Waals surface area contributed by atoms with E-state index in [1.165, 1.54) is 6.07 Å². The van der Waals surface area contributed by atoms with Crippen molar-refractivity contribution in [2.24, 2.45) is 0 Å². The Labute approximate surface area is 164 Å². The van der Waals surface area contributed by atoms with E-state index in [1.54, 1.807) is 54.6 Å². The highest BCUT2D eigenvalue weighted by atomic mass is 16.2. The van der Waals surface area contributed by atoms with Crippen LogP contribution in [0, 0.1) is 11.3 Å². The van der Waals surface area contributed by atoms with E-state index in [2.05, 4.69) is 20.6 Å². The average Bonchev–Trinajstić information content (AvgIpc) is 2.78. The fourth-order valence-electron chi connectivity index (χ4n) is 2.29. The van der Waals surface area contributed by atoms with E-state index in [0.717, 1.165) is 11.9 Å². The molecule has 1 heterocycles. The summed E-state index contributed by atoms with van der Waals surface area (Å²) in [7, 11) is 0. The van der Waals surface area contributed by atoms with Gasteiger partial charge in [-0.2, -0.15) is 5.26 Å². The van der Waals surface area contributed by atoms with Crippen LogP contribution in [0.2, 0.25) is 0 Å². The van der Waals surface area contributed by atoms with Crippen LogP contribution in [0.1, 0.15) is 40.4 Å². The summed E-state index contributed by atoms with van der Waals surface area (Å²) in [6, 6.07) is 18.2. The molecule has 0 spiro atoms. The number of nitrogens with one attached hydrogen (secondary N) is 2. The number of carbonyl (C=O) groups is 2. The molecule has 0 unspecified atom stereocenters. The third-order valence-electron chi connectivity index (χ3n) is 3.76. The second kappa shape index (κ2) is 9.05. The van der Waals surface area contributed by atoms with Crippen LogP contribution in [0.15, 0.2) is 67.0 Å². The largest absolute Gasteiger partial charge is 0.347 e. The number of hydrogen-bond acceptors (Lipinski definition) is 5. The maximum atomic E-state index is 12.4. The molecule has 0 aliphatic rings. The molecule has 3 aromatic rings.